The molecule has 0 aliphatic carbocycles. The van der Waals surface area contributed by atoms with Gasteiger partial charge in [-0.05, 0) is 23.0 Å². The van der Waals surface area contributed by atoms with Crippen molar-refractivity contribution in [2.75, 3.05) is 12.3 Å². The maximum atomic E-state index is 13.5. The van der Waals surface area contributed by atoms with Crippen LogP contribution in [0.15, 0.2) is 28.7 Å². The van der Waals surface area contributed by atoms with Crippen molar-refractivity contribution in [2.24, 2.45) is 10.8 Å². The molecule has 0 aromatic heterocycles. The summed E-state index contributed by atoms with van der Waals surface area (Å²) in [7, 11) is -2.36. The van der Waals surface area contributed by atoms with Crippen LogP contribution in [0, 0.1) is 10.8 Å². The van der Waals surface area contributed by atoms with Crippen LogP contribution in [0.4, 0.5) is 0 Å². The van der Waals surface area contributed by atoms with Gasteiger partial charge in [0.25, 0.3) is 0 Å². The van der Waals surface area contributed by atoms with Gasteiger partial charge >= 0.3 is 0 Å². The van der Waals surface area contributed by atoms with E-state index in [9.17, 15) is 4.57 Å². The Hall–Kier alpha value is -0.0700. The second-order valence-electron chi connectivity index (χ2n) is 7.80. The van der Waals surface area contributed by atoms with E-state index in [0.29, 0.717) is 0 Å². The molecule has 0 amide bonds. The van der Waals surface area contributed by atoms with Crippen LogP contribution in [0.3, 0.4) is 0 Å². The van der Waals surface area contributed by atoms with Gasteiger partial charge in [0.1, 0.15) is 7.14 Å². The van der Waals surface area contributed by atoms with Gasteiger partial charge in [0, 0.05) is 22.1 Å². The van der Waals surface area contributed by atoms with Crippen molar-refractivity contribution in [3.63, 3.8) is 0 Å². The number of halogens is 1. The highest BCUT2D eigenvalue weighted by atomic mass is 79.9. The molecule has 0 saturated heterocycles. The molecule has 0 bridgehead atoms. The van der Waals surface area contributed by atoms with Crippen LogP contribution in [0.25, 0.3) is 0 Å². The second-order valence-corrected chi connectivity index (χ2v) is 11.6. The van der Waals surface area contributed by atoms with Crippen LogP contribution in [-0.4, -0.2) is 12.3 Å². The summed E-state index contributed by atoms with van der Waals surface area (Å²) in [5.74, 6) is 0. The van der Waals surface area contributed by atoms with Crippen molar-refractivity contribution in [3.05, 3.63) is 28.7 Å². The van der Waals surface area contributed by atoms with Crippen LogP contribution in [0.5, 0.6) is 0 Å². The van der Waals surface area contributed by atoms with Gasteiger partial charge in [0.15, 0.2) is 0 Å². The molecular weight excluding hydrogens is 319 g/mol. The van der Waals surface area contributed by atoms with E-state index >= 15 is 0 Å². The Morgan fingerprint density at radius 1 is 0.895 bits per heavy atom. The topological polar surface area (TPSA) is 17.1 Å². The Labute approximate surface area is 126 Å². The summed E-state index contributed by atoms with van der Waals surface area (Å²) in [5.41, 5.74) is 0.154. The molecule has 0 aliphatic rings. The molecule has 0 spiro atoms. The molecule has 1 aromatic carbocycles. The fraction of sp³-hybridized carbons (Fsp3) is 0.625. The molecule has 0 radical (unpaired) electrons. The molecule has 0 heterocycles. The van der Waals surface area contributed by atoms with Gasteiger partial charge in [-0.25, -0.2) is 0 Å². The molecule has 19 heavy (non-hydrogen) atoms. The fourth-order valence-electron chi connectivity index (χ4n) is 2.48. The van der Waals surface area contributed by atoms with E-state index in [-0.39, 0.29) is 10.8 Å². The smallest absolute Gasteiger partial charge is 0.116 e. The Kier molecular flexibility index (Phi) is 5.13. The Balaban J connectivity index is 3.19. The molecule has 0 saturated carbocycles. The maximum Gasteiger partial charge on any atom is 0.116 e. The highest BCUT2D eigenvalue weighted by molar-refractivity contribution is 9.10. The van der Waals surface area contributed by atoms with Crippen LogP contribution < -0.4 is 5.30 Å². The van der Waals surface area contributed by atoms with Crippen LogP contribution in [0.2, 0.25) is 0 Å². The third-order valence-corrected chi connectivity index (χ3v) is 7.44. The van der Waals surface area contributed by atoms with E-state index in [2.05, 4.69) is 57.5 Å². The van der Waals surface area contributed by atoms with Gasteiger partial charge in [0.2, 0.25) is 0 Å². The van der Waals surface area contributed by atoms with Crippen molar-refractivity contribution < 1.29 is 4.57 Å². The van der Waals surface area contributed by atoms with Crippen LogP contribution >= 0.6 is 23.1 Å². The lowest BCUT2D eigenvalue weighted by Gasteiger charge is -2.32. The molecule has 1 rings (SSSR count). The number of benzene rings is 1. The first-order valence-electron chi connectivity index (χ1n) is 6.76. The quantitative estimate of drug-likeness (QED) is 0.659. The standard InChI is InChI=1S/C16H26BrOP/c1-15(2,3)11-19(18,12-16(4,5)6)14-9-7-13(17)8-10-14/h7-10H,11-12H2,1-6H3. The number of hydrogen-bond donors (Lipinski definition) is 0. The van der Waals surface area contributed by atoms with E-state index in [1.165, 1.54) is 0 Å². The monoisotopic (exact) mass is 344 g/mol. The van der Waals surface area contributed by atoms with Gasteiger partial charge < -0.3 is 4.57 Å². The lowest BCUT2D eigenvalue weighted by atomic mass is 10.00. The minimum atomic E-state index is -2.36. The molecule has 0 fully saturated rings. The summed E-state index contributed by atoms with van der Waals surface area (Å²) in [6, 6.07) is 8.02. The highest BCUT2D eigenvalue weighted by Gasteiger charge is 2.34. The first kappa shape index (κ1) is 17.0. The van der Waals surface area contributed by atoms with Gasteiger partial charge in [0.05, 0.1) is 0 Å². The van der Waals surface area contributed by atoms with Crippen molar-refractivity contribution in [3.8, 4) is 0 Å². The fourth-order valence-corrected chi connectivity index (χ4v) is 6.98. The number of rotatable bonds is 3. The van der Waals surface area contributed by atoms with Gasteiger partial charge in [-0.3, -0.25) is 0 Å². The average molecular weight is 345 g/mol. The Morgan fingerprint density at radius 3 is 1.58 bits per heavy atom. The second kappa shape index (κ2) is 5.74. The summed E-state index contributed by atoms with van der Waals surface area (Å²) >= 11 is 3.45. The Bertz CT molecular complexity index is 443. The first-order valence-corrected chi connectivity index (χ1v) is 9.63. The molecule has 108 valence electrons. The lowest BCUT2D eigenvalue weighted by molar-refractivity contribution is 0.439. The van der Waals surface area contributed by atoms with Gasteiger partial charge in [-0.15, -0.1) is 0 Å². The highest BCUT2D eigenvalue weighted by Crippen LogP contribution is 2.52. The molecule has 3 heteroatoms. The molecule has 1 nitrogen and oxygen atoms in total. The molecule has 0 aliphatic heterocycles. The minimum Gasteiger partial charge on any atom is -0.319 e. The van der Waals surface area contributed by atoms with E-state index in [1.807, 2.05) is 24.3 Å². The third kappa shape index (κ3) is 5.83. The Morgan fingerprint density at radius 2 is 1.26 bits per heavy atom. The number of hydrogen-bond acceptors (Lipinski definition) is 1. The van der Waals surface area contributed by atoms with E-state index in [0.717, 1.165) is 22.1 Å². The predicted octanol–water partition coefficient (Wildman–Crippen LogP) is 5.53. The largest absolute Gasteiger partial charge is 0.319 e. The van der Waals surface area contributed by atoms with Crippen molar-refractivity contribution in [2.45, 2.75) is 41.5 Å². The maximum absolute atomic E-state index is 13.5. The van der Waals surface area contributed by atoms with E-state index < -0.39 is 7.14 Å². The normalized spacial score (nSPS) is 13.6. The minimum absolute atomic E-state index is 0.0772. The van der Waals surface area contributed by atoms with Crippen molar-refractivity contribution in [1.82, 2.24) is 0 Å². The molecule has 1 aromatic rings. The molecule has 0 unspecified atom stereocenters. The lowest BCUT2D eigenvalue weighted by Crippen LogP contribution is -2.25. The van der Waals surface area contributed by atoms with Crippen LogP contribution in [-0.2, 0) is 4.57 Å². The van der Waals surface area contributed by atoms with E-state index in [1.54, 1.807) is 0 Å². The first-order chi connectivity index (χ1) is 8.41. The SMILES string of the molecule is CC(C)(C)CP(=O)(CC(C)(C)C)c1ccc(Br)cc1. The summed E-state index contributed by atoms with van der Waals surface area (Å²) in [6.07, 6.45) is 1.53. The molecule has 0 atom stereocenters. The van der Waals surface area contributed by atoms with Crippen LogP contribution in [0.1, 0.15) is 41.5 Å². The zero-order valence-corrected chi connectivity index (χ0v) is 15.4. The van der Waals surface area contributed by atoms with Gasteiger partial charge in [-0.1, -0.05) is 69.6 Å². The van der Waals surface area contributed by atoms with Crippen molar-refractivity contribution in [1.29, 1.82) is 0 Å². The summed E-state index contributed by atoms with van der Waals surface area (Å²) in [5, 5.41) is 1.01. The predicted molar refractivity (Wildman–Crippen MR) is 90.0 cm³/mol. The molecular formula is C16H26BrOP. The zero-order valence-electron chi connectivity index (χ0n) is 13.0. The zero-order chi connectivity index (χ0) is 14.9. The van der Waals surface area contributed by atoms with E-state index in [4.69, 9.17) is 0 Å². The average Bonchev–Trinajstić information content (AvgIpc) is 2.11. The van der Waals surface area contributed by atoms with Crippen molar-refractivity contribution >= 4 is 28.4 Å². The summed E-state index contributed by atoms with van der Waals surface area (Å²) in [6.45, 7) is 13.0. The third-order valence-electron chi connectivity index (χ3n) is 2.76. The summed E-state index contributed by atoms with van der Waals surface area (Å²) in [4.78, 5) is 0. The van der Waals surface area contributed by atoms with Gasteiger partial charge in [-0.2, -0.15) is 0 Å². The molecule has 0 N–H and O–H groups in total. The summed E-state index contributed by atoms with van der Waals surface area (Å²) < 4.78 is 14.6.